The molecule has 20 nitrogen and oxygen atoms in total. The van der Waals surface area contributed by atoms with Crippen LogP contribution in [0.2, 0.25) is 0 Å². The van der Waals surface area contributed by atoms with E-state index in [-0.39, 0.29) is 64.2 Å². The van der Waals surface area contributed by atoms with E-state index >= 15 is 0 Å². The van der Waals surface area contributed by atoms with Gasteiger partial charge in [-0.3, -0.25) is 18.8 Å². The lowest BCUT2D eigenvalue weighted by molar-refractivity contribution is 0.0933. The Labute approximate surface area is 548 Å². The summed E-state index contributed by atoms with van der Waals surface area (Å²) in [6, 6.07) is 38.6. The van der Waals surface area contributed by atoms with E-state index in [1.54, 1.807) is 4.68 Å². The zero-order chi connectivity index (χ0) is 66.0. The summed E-state index contributed by atoms with van der Waals surface area (Å²) < 4.78 is 135. The maximum Gasteiger partial charge on any atom is 0.272 e. The van der Waals surface area contributed by atoms with E-state index in [1.165, 1.54) is 25.0 Å². The number of carbonyl (C=O) groups excluding carboxylic acids is 1. The van der Waals surface area contributed by atoms with E-state index in [9.17, 15) is 46.9 Å². The second kappa shape index (κ2) is 30.3. The Hall–Kier alpha value is -6.87. The van der Waals surface area contributed by atoms with Crippen molar-refractivity contribution >= 4 is 67.6 Å². The number of nitrogens with one attached hydrogen (secondary N) is 3. The van der Waals surface area contributed by atoms with Crippen LogP contribution in [0.25, 0.3) is 12.2 Å². The third-order valence-corrected chi connectivity index (χ3v) is 25.3. The van der Waals surface area contributed by atoms with E-state index in [1.807, 2.05) is 151 Å². The normalized spacial score (nSPS) is 19.0. The van der Waals surface area contributed by atoms with Crippen LogP contribution in [0, 0.1) is 11.8 Å². The van der Waals surface area contributed by atoms with E-state index in [0.717, 1.165) is 102 Å². The predicted octanol–water partition coefficient (Wildman–Crippen LogP) is 9.42. The number of sulfonamides is 2. The van der Waals surface area contributed by atoms with Gasteiger partial charge in [-0.1, -0.05) is 160 Å². The highest BCUT2D eigenvalue weighted by Gasteiger charge is 2.34. The summed E-state index contributed by atoms with van der Waals surface area (Å²) in [5, 5.41) is 18.9. The molecule has 3 aromatic heterocycles. The fourth-order valence-corrected chi connectivity index (χ4v) is 19.5. The molecule has 7 aromatic rings. The van der Waals surface area contributed by atoms with E-state index in [0.29, 0.717) is 78.8 Å². The molecule has 3 N–H and O–H groups in total. The van der Waals surface area contributed by atoms with Gasteiger partial charge in [0.25, 0.3) is 5.91 Å². The van der Waals surface area contributed by atoms with E-state index in [4.69, 9.17) is 0 Å². The Balaban J connectivity index is 0.000000153. The van der Waals surface area contributed by atoms with Gasteiger partial charge in [0.15, 0.2) is 35.2 Å². The number of aromatic nitrogens is 6. The van der Waals surface area contributed by atoms with Crippen molar-refractivity contribution in [1.29, 1.82) is 0 Å². The van der Waals surface area contributed by atoms with Crippen LogP contribution >= 0.6 is 0 Å². The van der Waals surface area contributed by atoms with Crippen molar-refractivity contribution in [2.24, 2.45) is 11.8 Å². The largest absolute Gasteiger partial charge is 0.344 e. The molecule has 2 aliphatic carbocycles. The lowest BCUT2D eigenvalue weighted by Crippen LogP contribution is -2.37. The Morgan fingerprint density at radius 3 is 1.19 bits per heavy atom. The van der Waals surface area contributed by atoms with Gasteiger partial charge in [0.05, 0.1) is 71.6 Å². The van der Waals surface area contributed by atoms with Gasteiger partial charge in [0, 0.05) is 75.9 Å². The van der Waals surface area contributed by atoms with Gasteiger partial charge < -0.3 is 5.32 Å². The Bertz CT molecular complexity index is 4180. The van der Waals surface area contributed by atoms with Gasteiger partial charge in [0.1, 0.15) is 0 Å². The lowest BCUT2D eigenvalue weighted by atomic mass is 9.85. The van der Waals surface area contributed by atoms with Gasteiger partial charge in [-0.15, -0.1) is 0 Å². The molecule has 3 aliphatic heterocycles. The molecule has 0 saturated heterocycles. The van der Waals surface area contributed by atoms with Crippen LogP contribution in [-0.4, -0.2) is 107 Å². The number of amides is 1. The fraction of sp³-hybridized carbons (Fsp3) is 0.441. The summed E-state index contributed by atoms with van der Waals surface area (Å²) in [7, 11) is -17.0. The van der Waals surface area contributed by atoms with Crippen LogP contribution in [0.15, 0.2) is 132 Å². The molecule has 498 valence electrons. The number of hydrogen-bond acceptors (Lipinski definition) is 14. The van der Waals surface area contributed by atoms with Gasteiger partial charge in [-0.25, -0.2) is 51.5 Å². The van der Waals surface area contributed by atoms with Gasteiger partial charge in [-0.05, 0) is 92.7 Å². The molecule has 0 radical (unpaired) electrons. The Morgan fingerprint density at radius 2 is 0.817 bits per heavy atom. The monoisotopic (exact) mass is 1360 g/mol. The Morgan fingerprint density at radius 1 is 0.484 bits per heavy atom. The van der Waals surface area contributed by atoms with Crippen molar-refractivity contribution in [2.75, 3.05) is 17.3 Å². The standard InChI is InChI=1S/2C23H31N3O4S2.C22H23N3O3S/c2*1-18(20-10-6-3-7-11-20)25-32(29,30)15-12-22-21-17-31(27,28)14-13-23(21)26(24-22)16-19-8-4-2-5-9-19;1-16(18-10-6-3-7-11-18)23-22(26)21-19-15-29(27,28)13-12-20(19)25(24-21)14-17-8-4-2-5-9-17/h2*2,4-5,8-9,12,15,18,20,25H,3,6-7,10-11,13-14,16-17H2,1H3;2-11,16H,12-15H2,1H3,(H,23,26)/b2*15-12+;/t2*18-;16-/m101/s1. The summed E-state index contributed by atoms with van der Waals surface area (Å²) in [6.45, 7) is 7.28. The third kappa shape index (κ3) is 19.0. The first-order valence-corrected chi connectivity index (χ1v) is 40.7. The highest BCUT2D eigenvalue weighted by atomic mass is 32.2. The molecule has 5 aliphatic rings. The van der Waals surface area contributed by atoms with Crippen LogP contribution < -0.4 is 14.8 Å². The van der Waals surface area contributed by atoms with Gasteiger partial charge in [-0.2, -0.15) is 15.3 Å². The predicted molar refractivity (Wildman–Crippen MR) is 363 cm³/mol. The second-order valence-corrected chi connectivity index (χ2v) is 35.0. The smallest absolute Gasteiger partial charge is 0.272 e. The molecule has 6 heterocycles. The molecular weight excluding hydrogens is 1280 g/mol. The second-order valence-electron chi connectivity index (χ2n) is 25.3. The van der Waals surface area contributed by atoms with Crippen molar-refractivity contribution in [3.8, 4) is 0 Å². The summed E-state index contributed by atoms with van der Waals surface area (Å²) in [5.41, 5.74) is 9.49. The van der Waals surface area contributed by atoms with Crippen molar-refractivity contribution in [2.45, 2.75) is 159 Å². The molecule has 0 spiro atoms. The van der Waals surface area contributed by atoms with Crippen molar-refractivity contribution in [3.05, 3.63) is 205 Å². The highest BCUT2D eigenvalue weighted by molar-refractivity contribution is 7.93. The lowest BCUT2D eigenvalue weighted by Gasteiger charge is -2.27. The minimum Gasteiger partial charge on any atom is -0.344 e. The van der Waals surface area contributed by atoms with Crippen LogP contribution in [0.4, 0.5) is 0 Å². The number of fused-ring (bicyclic) bond motifs is 3. The SMILES string of the molecule is C[C@@H](NC(=O)c1nn(Cc2ccccc2)c2c1CS(=O)(=O)CC2)c1ccccc1.C[C@@H](NS(=O)(=O)/C=C/c1nn(Cc2ccccc2)c2c1CS(=O)(=O)CC2)C1CCCCC1.C[C@H](NS(=O)(=O)/C=C/c1nn(Cc2ccccc2)c2c1CS(=O)(=O)CC2)C1CCCCC1. The molecule has 1 amide bonds. The quantitative estimate of drug-likeness (QED) is 0.0680. The first kappa shape index (κ1) is 69.0. The number of nitrogens with zero attached hydrogens (tertiary/aromatic N) is 6. The molecule has 0 bridgehead atoms. The van der Waals surface area contributed by atoms with E-state index in [2.05, 4.69) is 30.1 Å². The van der Waals surface area contributed by atoms with E-state index < -0.39 is 49.6 Å². The first-order chi connectivity index (χ1) is 44.4. The molecule has 2 saturated carbocycles. The maximum atomic E-state index is 13.0. The third-order valence-electron chi connectivity index (χ3n) is 18.2. The van der Waals surface area contributed by atoms with Gasteiger partial charge >= 0.3 is 0 Å². The summed E-state index contributed by atoms with van der Waals surface area (Å²) >= 11 is 0. The minimum atomic E-state index is -3.66. The molecule has 3 atom stereocenters. The maximum absolute atomic E-state index is 13.0. The molecular formula is C68H85N9O11S5. The number of carbonyl (C=O) groups is 1. The number of hydrogen-bond donors (Lipinski definition) is 3. The Kier molecular flexibility index (Phi) is 22.4. The number of benzene rings is 4. The van der Waals surface area contributed by atoms with Crippen LogP contribution in [0.3, 0.4) is 0 Å². The first-order valence-electron chi connectivity index (χ1n) is 32.1. The van der Waals surface area contributed by atoms with Gasteiger partial charge in [0.2, 0.25) is 20.0 Å². The number of sulfone groups is 3. The minimum absolute atomic E-state index is 0.0853. The molecule has 25 heteroatoms. The zero-order valence-corrected chi connectivity index (χ0v) is 57.1. The molecule has 12 rings (SSSR count). The molecule has 93 heavy (non-hydrogen) atoms. The van der Waals surface area contributed by atoms with Crippen LogP contribution in [0.5, 0.6) is 0 Å². The molecule has 4 aromatic carbocycles. The van der Waals surface area contributed by atoms with Crippen molar-refractivity contribution in [3.63, 3.8) is 0 Å². The summed E-state index contributed by atoms with van der Waals surface area (Å²) in [6.07, 6.45) is 15.2. The number of rotatable bonds is 19. The molecule has 2 fully saturated rings. The topological polar surface area (TPSA) is 277 Å². The van der Waals surface area contributed by atoms with Crippen molar-refractivity contribution in [1.82, 2.24) is 44.1 Å². The average Bonchev–Trinajstić information content (AvgIpc) is 1.66. The molecule has 0 unspecified atom stereocenters. The highest BCUT2D eigenvalue weighted by Crippen LogP contribution is 2.32. The summed E-state index contributed by atoms with van der Waals surface area (Å²) in [5.74, 6) is 0.268. The average molecular weight is 1360 g/mol. The van der Waals surface area contributed by atoms with Crippen LogP contribution in [-0.2, 0) is 106 Å². The van der Waals surface area contributed by atoms with Crippen LogP contribution in [0.1, 0.15) is 169 Å². The fourth-order valence-electron chi connectivity index (χ4n) is 13.1. The zero-order valence-electron chi connectivity index (χ0n) is 53.0. The van der Waals surface area contributed by atoms with Crippen molar-refractivity contribution < 1.29 is 46.9 Å². The summed E-state index contributed by atoms with van der Waals surface area (Å²) in [4.78, 5) is 13.0.